The largest absolute Gasteiger partial charge is 0.481 e. The minimum atomic E-state index is -0.925. The number of fused-ring (bicyclic) bond motifs is 1. The van der Waals surface area contributed by atoms with Crippen molar-refractivity contribution < 1.29 is 14.3 Å². The maximum atomic E-state index is 14.3. The van der Waals surface area contributed by atoms with Crippen molar-refractivity contribution in [1.82, 2.24) is 9.97 Å². The van der Waals surface area contributed by atoms with Gasteiger partial charge in [-0.2, -0.15) is 0 Å². The van der Waals surface area contributed by atoms with Gasteiger partial charge in [-0.15, -0.1) is 0 Å². The Morgan fingerprint density at radius 3 is 2.65 bits per heavy atom. The van der Waals surface area contributed by atoms with Gasteiger partial charge < -0.3 is 10.0 Å². The third kappa shape index (κ3) is 3.57. The molecule has 1 N–H and O–H groups in total. The Morgan fingerprint density at radius 1 is 1.19 bits per heavy atom. The van der Waals surface area contributed by atoms with E-state index in [4.69, 9.17) is 28.3 Å². The third-order valence-corrected chi connectivity index (χ3v) is 4.71. The molecule has 0 amide bonds. The number of carboxylic acid groups (broad SMARTS) is 1. The van der Waals surface area contributed by atoms with Crippen molar-refractivity contribution in [1.29, 1.82) is 0 Å². The summed E-state index contributed by atoms with van der Waals surface area (Å²) in [5.74, 6) is -0.970. The van der Waals surface area contributed by atoms with Gasteiger partial charge in [-0.3, -0.25) is 4.79 Å². The van der Waals surface area contributed by atoms with Gasteiger partial charge in [0.1, 0.15) is 23.5 Å². The van der Waals surface area contributed by atoms with Crippen molar-refractivity contribution in [2.75, 3.05) is 18.5 Å². The molecule has 1 aromatic heterocycles. The van der Waals surface area contributed by atoms with Crippen molar-refractivity contribution in [2.24, 2.45) is 0 Å². The normalized spacial score (nSPS) is 10.9. The van der Waals surface area contributed by atoms with Crippen LogP contribution in [0.25, 0.3) is 22.0 Å². The molecule has 0 saturated carbocycles. The van der Waals surface area contributed by atoms with Crippen molar-refractivity contribution in [2.45, 2.75) is 6.42 Å². The molecule has 26 heavy (non-hydrogen) atoms. The molecule has 0 aliphatic heterocycles. The molecule has 3 rings (SSSR count). The van der Waals surface area contributed by atoms with Crippen LogP contribution in [-0.4, -0.2) is 34.6 Å². The van der Waals surface area contributed by atoms with Crippen LogP contribution in [-0.2, 0) is 4.79 Å². The zero-order chi connectivity index (χ0) is 18.8. The summed E-state index contributed by atoms with van der Waals surface area (Å²) in [6, 6.07) is 8.06. The second kappa shape index (κ2) is 7.43. The van der Waals surface area contributed by atoms with Crippen LogP contribution < -0.4 is 4.90 Å². The van der Waals surface area contributed by atoms with Crippen molar-refractivity contribution in [3.8, 4) is 11.1 Å². The molecule has 134 valence electrons. The SMILES string of the molecule is CN(CCC(=O)O)c1ncnc2c(F)ccc(-c3ccc(Cl)c(Cl)c3)c12. The molecule has 0 unspecified atom stereocenters. The molecule has 0 atom stereocenters. The van der Waals surface area contributed by atoms with E-state index in [0.29, 0.717) is 26.8 Å². The molecule has 0 radical (unpaired) electrons. The fraction of sp³-hybridized carbons (Fsp3) is 0.167. The molecule has 0 fully saturated rings. The molecule has 0 spiro atoms. The summed E-state index contributed by atoms with van der Waals surface area (Å²) in [6.07, 6.45) is 1.19. The molecule has 1 heterocycles. The van der Waals surface area contributed by atoms with Crippen molar-refractivity contribution in [3.63, 3.8) is 0 Å². The number of carboxylic acids is 1. The number of aromatic nitrogens is 2. The topological polar surface area (TPSA) is 66.3 Å². The Bertz CT molecular complexity index is 998. The minimum absolute atomic E-state index is 0.0700. The van der Waals surface area contributed by atoms with Gasteiger partial charge in [-0.1, -0.05) is 35.3 Å². The molecule has 3 aromatic rings. The van der Waals surface area contributed by atoms with Gasteiger partial charge in [0.2, 0.25) is 0 Å². The fourth-order valence-corrected chi connectivity index (χ4v) is 2.99. The van der Waals surface area contributed by atoms with Gasteiger partial charge >= 0.3 is 5.97 Å². The van der Waals surface area contributed by atoms with Crippen LogP contribution in [0.5, 0.6) is 0 Å². The average Bonchev–Trinajstić information content (AvgIpc) is 2.62. The monoisotopic (exact) mass is 393 g/mol. The summed E-state index contributed by atoms with van der Waals surface area (Å²) in [5, 5.41) is 10.2. The molecule has 0 aliphatic carbocycles. The Kier molecular flexibility index (Phi) is 5.25. The van der Waals surface area contributed by atoms with E-state index in [0.717, 1.165) is 5.56 Å². The average molecular weight is 394 g/mol. The van der Waals surface area contributed by atoms with E-state index in [1.165, 1.54) is 12.4 Å². The standard InChI is InChI=1S/C18H14Cl2FN3O2/c1-24(7-6-15(25)26)18-16-11(10-2-4-12(19)13(20)8-10)3-5-14(21)17(16)22-9-23-18/h2-5,8-9H,6-7H2,1H3,(H,25,26). The second-order valence-electron chi connectivity index (χ2n) is 5.71. The zero-order valence-electron chi connectivity index (χ0n) is 13.7. The van der Waals surface area contributed by atoms with Crippen LogP contribution in [0.4, 0.5) is 10.2 Å². The van der Waals surface area contributed by atoms with Crippen LogP contribution in [0.2, 0.25) is 10.0 Å². The Balaban J connectivity index is 2.22. The summed E-state index contributed by atoms with van der Waals surface area (Å²) < 4.78 is 14.3. The van der Waals surface area contributed by atoms with Crippen LogP contribution >= 0.6 is 23.2 Å². The highest BCUT2D eigenvalue weighted by Gasteiger charge is 2.17. The Morgan fingerprint density at radius 2 is 1.96 bits per heavy atom. The van der Waals surface area contributed by atoms with Gasteiger partial charge in [0.15, 0.2) is 0 Å². The fourth-order valence-electron chi connectivity index (χ4n) is 2.69. The first-order valence-corrected chi connectivity index (χ1v) is 8.45. The molecule has 0 aliphatic rings. The quantitative estimate of drug-likeness (QED) is 0.682. The first-order chi connectivity index (χ1) is 12.4. The van der Waals surface area contributed by atoms with Gasteiger partial charge in [-0.05, 0) is 29.3 Å². The van der Waals surface area contributed by atoms with E-state index in [9.17, 15) is 9.18 Å². The van der Waals surface area contributed by atoms with Crippen LogP contribution in [0.3, 0.4) is 0 Å². The predicted molar refractivity (Wildman–Crippen MR) is 100 cm³/mol. The van der Waals surface area contributed by atoms with E-state index in [2.05, 4.69) is 9.97 Å². The lowest BCUT2D eigenvalue weighted by atomic mass is 10.00. The highest BCUT2D eigenvalue weighted by atomic mass is 35.5. The number of rotatable bonds is 5. The van der Waals surface area contributed by atoms with E-state index in [1.807, 2.05) is 0 Å². The van der Waals surface area contributed by atoms with E-state index < -0.39 is 11.8 Å². The van der Waals surface area contributed by atoms with Gasteiger partial charge in [-0.25, -0.2) is 14.4 Å². The van der Waals surface area contributed by atoms with E-state index in [1.54, 1.807) is 36.2 Å². The summed E-state index contributed by atoms with van der Waals surface area (Å²) >= 11 is 12.1. The predicted octanol–water partition coefficient (Wildman–Crippen LogP) is 4.65. The summed E-state index contributed by atoms with van der Waals surface area (Å²) in [7, 11) is 1.70. The van der Waals surface area contributed by atoms with Gasteiger partial charge in [0.05, 0.1) is 21.9 Å². The second-order valence-corrected chi connectivity index (χ2v) is 6.52. The highest BCUT2D eigenvalue weighted by Crippen LogP contribution is 2.36. The minimum Gasteiger partial charge on any atom is -0.481 e. The Labute approximate surface area is 159 Å². The van der Waals surface area contributed by atoms with Crippen LogP contribution in [0, 0.1) is 5.82 Å². The maximum Gasteiger partial charge on any atom is 0.305 e. The lowest BCUT2D eigenvalue weighted by Crippen LogP contribution is -2.22. The first kappa shape index (κ1) is 18.4. The Hall–Kier alpha value is -2.44. The lowest BCUT2D eigenvalue weighted by molar-refractivity contribution is -0.136. The summed E-state index contributed by atoms with van der Waals surface area (Å²) in [6.45, 7) is 0.221. The molecule has 8 heteroatoms. The molecule has 5 nitrogen and oxygen atoms in total. The van der Waals surface area contributed by atoms with Crippen LogP contribution in [0.1, 0.15) is 6.42 Å². The number of carbonyl (C=O) groups is 1. The maximum absolute atomic E-state index is 14.3. The van der Waals surface area contributed by atoms with Crippen molar-refractivity contribution in [3.05, 3.63) is 52.5 Å². The molecule has 0 saturated heterocycles. The number of aliphatic carboxylic acids is 1. The van der Waals surface area contributed by atoms with E-state index in [-0.39, 0.29) is 18.5 Å². The molecule has 2 aromatic carbocycles. The van der Waals surface area contributed by atoms with Crippen LogP contribution in [0.15, 0.2) is 36.7 Å². The number of hydrogen-bond donors (Lipinski definition) is 1. The number of nitrogens with zero attached hydrogens (tertiary/aromatic N) is 3. The molecular weight excluding hydrogens is 380 g/mol. The molecule has 0 bridgehead atoms. The number of benzene rings is 2. The molecular formula is C18H14Cl2FN3O2. The van der Waals surface area contributed by atoms with Gasteiger partial charge in [0, 0.05) is 13.6 Å². The summed E-state index contributed by atoms with van der Waals surface area (Å²) in [5.41, 5.74) is 1.56. The van der Waals surface area contributed by atoms with E-state index >= 15 is 0 Å². The smallest absolute Gasteiger partial charge is 0.305 e. The lowest BCUT2D eigenvalue weighted by Gasteiger charge is -2.20. The first-order valence-electron chi connectivity index (χ1n) is 7.70. The number of halogens is 3. The van der Waals surface area contributed by atoms with Gasteiger partial charge in [0.25, 0.3) is 0 Å². The third-order valence-electron chi connectivity index (χ3n) is 3.97. The number of anilines is 1. The highest BCUT2D eigenvalue weighted by molar-refractivity contribution is 6.42. The van der Waals surface area contributed by atoms with Crippen molar-refractivity contribution >= 4 is 45.9 Å². The summed E-state index contributed by atoms with van der Waals surface area (Å²) in [4.78, 5) is 20.8. The zero-order valence-corrected chi connectivity index (χ0v) is 15.2. The number of hydrogen-bond acceptors (Lipinski definition) is 4.